The minimum atomic E-state index is -0.0828. The van der Waals surface area contributed by atoms with Crippen LogP contribution in [-0.2, 0) is 6.61 Å². The Balaban J connectivity index is 1.53. The van der Waals surface area contributed by atoms with Gasteiger partial charge in [0.2, 0.25) is 0 Å². The molecule has 1 aliphatic carbocycles. The highest BCUT2D eigenvalue weighted by molar-refractivity contribution is 5.81. The van der Waals surface area contributed by atoms with Gasteiger partial charge in [0.1, 0.15) is 12.4 Å². The number of nitriles is 1. The molecule has 0 amide bonds. The van der Waals surface area contributed by atoms with Crippen LogP contribution >= 0.6 is 0 Å². The van der Waals surface area contributed by atoms with Gasteiger partial charge in [-0.2, -0.15) is 5.26 Å². The molecule has 0 spiro atoms. The third-order valence-electron chi connectivity index (χ3n) is 6.26. The first-order valence-corrected chi connectivity index (χ1v) is 11.2. The minimum absolute atomic E-state index is 0.0828. The van der Waals surface area contributed by atoms with E-state index < -0.39 is 0 Å². The maximum absolute atomic E-state index is 13.5. The van der Waals surface area contributed by atoms with Crippen LogP contribution in [0.2, 0.25) is 0 Å². The van der Waals surface area contributed by atoms with Gasteiger partial charge in [-0.3, -0.25) is 9.48 Å². The summed E-state index contributed by atoms with van der Waals surface area (Å²) in [6.45, 7) is 0.499. The van der Waals surface area contributed by atoms with Crippen LogP contribution in [0.1, 0.15) is 49.3 Å². The smallest absolute Gasteiger partial charge is 0.279 e. The second kappa shape index (κ2) is 8.76. The molecular formula is C27H25N3O2. The molecule has 1 heterocycles. The summed E-state index contributed by atoms with van der Waals surface area (Å²) < 4.78 is 9.85. The first kappa shape index (κ1) is 20.1. The zero-order chi connectivity index (χ0) is 21.9. The Kier molecular flexibility index (Phi) is 5.51. The second-order valence-electron chi connectivity index (χ2n) is 8.37. The topological polar surface area (TPSA) is 59.9 Å². The van der Waals surface area contributed by atoms with Crippen LogP contribution < -0.4 is 10.3 Å². The van der Waals surface area contributed by atoms with Gasteiger partial charge in [0.05, 0.1) is 34.3 Å². The van der Waals surface area contributed by atoms with Gasteiger partial charge in [-0.25, -0.2) is 4.68 Å². The number of nitrogens with zero attached hydrogens (tertiary/aromatic N) is 3. The number of rotatable bonds is 5. The predicted octanol–water partition coefficient (Wildman–Crippen LogP) is 5.75. The molecule has 0 N–H and O–H groups in total. The molecule has 1 saturated carbocycles. The Morgan fingerprint density at radius 3 is 2.41 bits per heavy atom. The number of hydrogen-bond donors (Lipinski definition) is 0. The molecule has 0 atom stereocenters. The van der Waals surface area contributed by atoms with E-state index in [1.54, 1.807) is 16.8 Å². The fourth-order valence-corrected chi connectivity index (χ4v) is 4.65. The van der Waals surface area contributed by atoms with Crippen LogP contribution in [0.3, 0.4) is 0 Å². The average Bonchev–Trinajstić information content (AvgIpc) is 3.16. The van der Waals surface area contributed by atoms with Crippen molar-refractivity contribution in [2.24, 2.45) is 0 Å². The van der Waals surface area contributed by atoms with E-state index >= 15 is 0 Å². The van der Waals surface area contributed by atoms with Gasteiger partial charge in [-0.05, 0) is 60.9 Å². The van der Waals surface area contributed by atoms with Gasteiger partial charge >= 0.3 is 0 Å². The SMILES string of the molecule is N#Cc1ccc2c(c1)c(=O)n(-c1ccc(OCc3ccccc3)cc1)n2C1CCCCC1. The molecule has 0 unspecified atom stereocenters. The normalized spacial score (nSPS) is 14.3. The lowest BCUT2D eigenvalue weighted by molar-refractivity contribution is 0.305. The van der Waals surface area contributed by atoms with E-state index in [0.717, 1.165) is 35.4 Å². The van der Waals surface area contributed by atoms with Gasteiger partial charge in [0.25, 0.3) is 5.56 Å². The van der Waals surface area contributed by atoms with Crippen molar-refractivity contribution in [3.8, 4) is 17.5 Å². The van der Waals surface area contributed by atoms with Crippen molar-refractivity contribution in [1.82, 2.24) is 9.36 Å². The van der Waals surface area contributed by atoms with Crippen molar-refractivity contribution < 1.29 is 4.74 Å². The molecule has 32 heavy (non-hydrogen) atoms. The number of hydrogen-bond acceptors (Lipinski definition) is 3. The summed E-state index contributed by atoms with van der Waals surface area (Å²) in [6, 6.07) is 25.6. The van der Waals surface area contributed by atoms with Crippen molar-refractivity contribution in [2.45, 2.75) is 44.8 Å². The zero-order valence-electron chi connectivity index (χ0n) is 17.9. The summed E-state index contributed by atoms with van der Waals surface area (Å²) in [4.78, 5) is 13.5. The van der Waals surface area contributed by atoms with Crippen LogP contribution in [-0.4, -0.2) is 9.36 Å². The van der Waals surface area contributed by atoms with Crippen LogP contribution in [0.15, 0.2) is 77.6 Å². The van der Waals surface area contributed by atoms with E-state index in [-0.39, 0.29) is 11.6 Å². The van der Waals surface area contributed by atoms with E-state index in [9.17, 15) is 10.1 Å². The lowest BCUT2D eigenvalue weighted by Crippen LogP contribution is -2.25. The Labute approximate surface area is 187 Å². The van der Waals surface area contributed by atoms with E-state index in [0.29, 0.717) is 17.6 Å². The van der Waals surface area contributed by atoms with E-state index in [2.05, 4.69) is 10.8 Å². The average molecular weight is 424 g/mol. The molecule has 5 heteroatoms. The van der Waals surface area contributed by atoms with E-state index in [1.807, 2.05) is 60.7 Å². The monoisotopic (exact) mass is 423 g/mol. The summed E-state index contributed by atoms with van der Waals surface area (Å²) in [5, 5.41) is 9.91. The number of fused-ring (bicyclic) bond motifs is 1. The molecule has 3 aromatic carbocycles. The third-order valence-corrected chi connectivity index (χ3v) is 6.26. The van der Waals surface area contributed by atoms with E-state index in [4.69, 9.17) is 4.74 Å². The first-order chi connectivity index (χ1) is 15.7. The van der Waals surface area contributed by atoms with Crippen molar-refractivity contribution in [1.29, 1.82) is 5.26 Å². The quantitative estimate of drug-likeness (QED) is 0.411. The highest BCUT2D eigenvalue weighted by Crippen LogP contribution is 2.32. The molecule has 5 nitrogen and oxygen atoms in total. The number of benzene rings is 3. The van der Waals surface area contributed by atoms with Gasteiger partial charge in [0, 0.05) is 0 Å². The van der Waals surface area contributed by atoms with E-state index in [1.165, 1.54) is 19.3 Å². The molecule has 4 aromatic rings. The fourth-order valence-electron chi connectivity index (χ4n) is 4.65. The zero-order valence-corrected chi connectivity index (χ0v) is 17.9. The summed E-state index contributed by atoms with van der Waals surface area (Å²) in [7, 11) is 0. The maximum Gasteiger partial charge on any atom is 0.279 e. The highest BCUT2D eigenvalue weighted by atomic mass is 16.5. The fraction of sp³-hybridized carbons (Fsp3) is 0.259. The van der Waals surface area contributed by atoms with Gasteiger partial charge in [0.15, 0.2) is 0 Å². The summed E-state index contributed by atoms with van der Waals surface area (Å²) >= 11 is 0. The standard InChI is InChI=1S/C27H25N3O2/c28-18-21-11-16-26-25(17-21)27(31)30(29(26)22-9-5-2-6-10-22)23-12-14-24(15-13-23)32-19-20-7-3-1-4-8-20/h1,3-4,7-8,11-17,22H,2,5-6,9-10,19H2. The van der Waals surface area contributed by atoms with Crippen LogP contribution in [0.5, 0.6) is 5.75 Å². The van der Waals surface area contributed by atoms with Gasteiger partial charge < -0.3 is 4.74 Å². The van der Waals surface area contributed by atoms with Gasteiger partial charge in [-0.15, -0.1) is 0 Å². The molecule has 1 aliphatic rings. The molecule has 5 rings (SSSR count). The van der Waals surface area contributed by atoms with Crippen molar-refractivity contribution in [3.05, 3.63) is 94.3 Å². The molecule has 0 saturated heterocycles. The van der Waals surface area contributed by atoms with Crippen molar-refractivity contribution in [2.75, 3.05) is 0 Å². The Morgan fingerprint density at radius 2 is 1.69 bits per heavy atom. The van der Waals surface area contributed by atoms with Crippen LogP contribution in [0.4, 0.5) is 0 Å². The van der Waals surface area contributed by atoms with Crippen LogP contribution in [0, 0.1) is 11.3 Å². The highest BCUT2D eigenvalue weighted by Gasteiger charge is 2.23. The molecule has 0 bridgehead atoms. The first-order valence-electron chi connectivity index (χ1n) is 11.2. The Bertz CT molecular complexity index is 1320. The molecule has 0 radical (unpaired) electrons. The second-order valence-corrected chi connectivity index (χ2v) is 8.37. The molecular weight excluding hydrogens is 398 g/mol. The third kappa shape index (κ3) is 3.80. The Hall–Kier alpha value is -3.78. The summed E-state index contributed by atoms with van der Waals surface area (Å²) in [5.41, 5.74) is 3.24. The lowest BCUT2D eigenvalue weighted by atomic mass is 9.95. The largest absolute Gasteiger partial charge is 0.489 e. The summed E-state index contributed by atoms with van der Waals surface area (Å²) in [5.74, 6) is 0.762. The van der Waals surface area contributed by atoms with Crippen molar-refractivity contribution >= 4 is 10.9 Å². The minimum Gasteiger partial charge on any atom is -0.489 e. The number of aromatic nitrogens is 2. The number of ether oxygens (including phenoxy) is 1. The lowest BCUT2D eigenvalue weighted by Gasteiger charge is -2.26. The van der Waals surface area contributed by atoms with Crippen molar-refractivity contribution in [3.63, 3.8) is 0 Å². The molecule has 1 aromatic heterocycles. The van der Waals surface area contributed by atoms with Crippen LogP contribution in [0.25, 0.3) is 16.6 Å². The molecule has 1 fully saturated rings. The predicted molar refractivity (Wildman–Crippen MR) is 125 cm³/mol. The van der Waals surface area contributed by atoms with Gasteiger partial charge in [-0.1, -0.05) is 49.6 Å². The summed E-state index contributed by atoms with van der Waals surface area (Å²) in [6.07, 6.45) is 5.69. The molecule has 0 aliphatic heterocycles. The Morgan fingerprint density at radius 1 is 0.938 bits per heavy atom. The maximum atomic E-state index is 13.5. The molecule has 160 valence electrons.